The summed E-state index contributed by atoms with van der Waals surface area (Å²) in [4.78, 5) is 51.0. The van der Waals surface area contributed by atoms with E-state index in [1.807, 2.05) is 12.2 Å². The molecule has 0 spiro atoms. The van der Waals surface area contributed by atoms with E-state index in [4.69, 9.17) is 23.7 Å². The van der Waals surface area contributed by atoms with Crippen molar-refractivity contribution in [1.82, 2.24) is 0 Å². The minimum absolute atomic E-state index is 0.0261. The highest BCUT2D eigenvalue weighted by atomic mass is 16.7. The van der Waals surface area contributed by atoms with Crippen LogP contribution in [0.1, 0.15) is 213 Å². The molecule has 0 aromatic carbocycles. The van der Waals surface area contributed by atoms with Crippen molar-refractivity contribution in [3.8, 4) is 0 Å². The summed E-state index contributed by atoms with van der Waals surface area (Å²) < 4.78 is 28.3. The highest BCUT2D eigenvalue weighted by Crippen LogP contribution is 2.26. The number of rotatable bonds is 47. The van der Waals surface area contributed by atoms with E-state index in [1.165, 1.54) is 19.3 Å². The molecular weight excluding hydrogens is 949 g/mol. The monoisotopic (exact) mass is 1050 g/mol. The third-order valence-electron chi connectivity index (χ3n) is 12.3. The van der Waals surface area contributed by atoms with E-state index < -0.39 is 67.3 Å². The predicted molar refractivity (Wildman–Crippen MR) is 303 cm³/mol. The van der Waals surface area contributed by atoms with Gasteiger partial charge in [0, 0.05) is 19.3 Å². The molecule has 1 fully saturated rings. The fourth-order valence-corrected chi connectivity index (χ4v) is 7.88. The van der Waals surface area contributed by atoms with Gasteiger partial charge in [-0.05, 0) is 116 Å². The second-order valence-corrected chi connectivity index (χ2v) is 19.2. The minimum atomic E-state index is -1.93. The number of ether oxygens (including phenoxy) is 5. The lowest BCUT2D eigenvalue weighted by Gasteiger charge is -2.40. The first-order valence-electron chi connectivity index (χ1n) is 28.9. The summed E-state index contributed by atoms with van der Waals surface area (Å²) in [6.07, 6.45) is 54.9. The Morgan fingerprint density at radius 2 is 0.880 bits per heavy atom. The fourth-order valence-electron chi connectivity index (χ4n) is 7.88. The van der Waals surface area contributed by atoms with E-state index in [-0.39, 0.29) is 25.9 Å². The van der Waals surface area contributed by atoms with Crippen LogP contribution in [0.15, 0.2) is 109 Å². The number of aliphatic hydroxyl groups is 2. The predicted octanol–water partition coefficient (Wildman–Crippen LogP) is 14.7. The first-order chi connectivity index (χ1) is 36.6. The van der Waals surface area contributed by atoms with Gasteiger partial charge in [0.05, 0.1) is 6.61 Å². The molecule has 0 bridgehead atoms. The van der Waals surface area contributed by atoms with E-state index in [9.17, 15) is 34.5 Å². The number of aliphatic carboxylic acids is 1. The van der Waals surface area contributed by atoms with Gasteiger partial charge in [0.15, 0.2) is 24.6 Å². The zero-order valence-electron chi connectivity index (χ0n) is 46.5. The van der Waals surface area contributed by atoms with E-state index in [2.05, 4.69) is 118 Å². The molecule has 1 saturated heterocycles. The molecule has 1 rings (SSSR count). The van der Waals surface area contributed by atoms with Gasteiger partial charge in [-0.15, -0.1) is 0 Å². The molecule has 1 heterocycles. The summed E-state index contributed by atoms with van der Waals surface area (Å²) in [6.45, 7) is 5.72. The summed E-state index contributed by atoms with van der Waals surface area (Å²) in [5.74, 6) is -3.25. The van der Waals surface area contributed by atoms with Crippen molar-refractivity contribution in [2.45, 2.75) is 250 Å². The smallest absolute Gasteiger partial charge is 0.335 e. The maximum absolute atomic E-state index is 13.1. The maximum atomic E-state index is 13.1. The normalized spacial score (nSPS) is 19.0. The van der Waals surface area contributed by atoms with Gasteiger partial charge in [-0.1, -0.05) is 188 Å². The van der Waals surface area contributed by atoms with Crippen molar-refractivity contribution in [2.24, 2.45) is 0 Å². The summed E-state index contributed by atoms with van der Waals surface area (Å²) in [5, 5.41) is 31.4. The summed E-state index contributed by atoms with van der Waals surface area (Å²) in [6, 6.07) is 0. The Kier molecular flexibility index (Phi) is 45.8. The van der Waals surface area contributed by atoms with Gasteiger partial charge in [-0.3, -0.25) is 14.4 Å². The third kappa shape index (κ3) is 40.3. The summed E-state index contributed by atoms with van der Waals surface area (Å²) in [7, 11) is 0. The Morgan fingerprint density at radius 3 is 1.37 bits per heavy atom. The lowest BCUT2D eigenvalue weighted by Crippen LogP contribution is -2.61. The summed E-state index contributed by atoms with van der Waals surface area (Å²) in [5.41, 5.74) is 0. The highest BCUT2D eigenvalue weighted by Gasteiger charge is 2.50. The molecule has 1 aliphatic heterocycles. The molecule has 6 atom stereocenters. The molecule has 424 valence electrons. The van der Waals surface area contributed by atoms with Gasteiger partial charge in [0.2, 0.25) is 0 Å². The maximum Gasteiger partial charge on any atom is 0.335 e. The van der Waals surface area contributed by atoms with Crippen molar-refractivity contribution in [3.63, 3.8) is 0 Å². The number of unbranched alkanes of at least 4 members (excludes halogenated alkanes) is 15. The molecule has 0 radical (unpaired) electrons. The SMILES string of the molecule is CC/C=C\C/C=C\C/C=C\C/C=C\C/C=C\CCCC(=O)OC1C(OCC(COC(=O)CCCCCCC/C=C\C/C=C\CCCCC)OC(=O)CCCCCCC/C=C\C/C=C\CCC)OC(C(=O)O)C(O)C1O. The molecule has 12 heteroatoms. The second kappa shape index (κ2) is 50.2. The van der Waals surface area contributed by atoms with E-state index >= 15 is 0 Å². The van der Waals surface area contributed by atoms with Crippen LogP contribution in [0.4, 0.5) is 0 Å². The topological polar surface area (TPSA) is 175 Å². The molecule has 12 nitrogen and oxygen atoms in total. The lowest BCUT2D eigenvalue weighted by atomic mass is 9.98. The van der Waals surface area contributed by atoms with Crippen LogP contribution in [0, 0.1) is 0 Å². The zero-order chi connectivity index (χ0) is 54.7. The molecule has 1 aliphatic rings. The van der Waals surface area contributed by atoms with Crippen molar-refractivity contribution in [3.05, 3.63) is 109 Å². The van der Waals surface area contributed by atoms with Crippen molar-refractivity contribution in [2.75, 3.05) is 13.2 Å². The molecule has 3 N–H and O–H groups in total. The average molecular weight is 1050 g/mol. The Balaban J connectivity index is 2.76. The number of esters is 3. The quantitative estimate of drug-likeness (QED) is 0.0228. The highest BCUT2D eigenvalue weighted by molar-refractivity contribution is 5.74. The lowest BCUT2D eigenvalue weighted by molar-refractivity contribution is -0.301. The standard InChI is InChI=1S/C63H100O12/c1-4-7-10-13-16-19-22-25-27-28-30-33-36-39-42-45-48-51-57(66)74-61-59(68)58(67)60(62(69)70)75-63(61)72-53-54(73-56(65)50-47-44-41-38-35-31-24-21-18-15-12-9-6-3)52-71-55(64)49-46-43-40-37-34-32-29-26-23-20-17-14-11-8-5-2/h7,10,12,15-17,19-21,24-27,29-30,33,39,42,54,58-61,63,67-68H,4-6,8-9,11,13-14,18,22-23,28,31-32,34-38,40-41,43-53H2,1-3H3,(H,69,70)/b10-7-,15-12-,19-16-,20-17-,24-21-,27-25-,29-26-,33-30-,42-39-. The van der Waals surface area contributed by atoms with Gasteiger partial charge in [-0.2, -0.15) is 0 Å². The van der Waals surface area contributed by atoms with Gasteiger partial charge in [0.25, 0.3) is 0 Å². The van der Waals surface area contributed by atoms with Gasteiger partial charge >= 0.3 is 23.9 Å². The molecule has 0 aromatic heterocycles. The fraction of sp³-hybridized carbons (Fsp3) is 0.651. The number of carbonyl (C=O) groups is 4. The number of aliphatic hydroxyl groups excluding tert-OH is 2. The number of carbonyl (C=O) groups excluding carboxylic acids is 3. The van der Waals surface area contributed by atoms with Gasteiger partial charge < -0.3 is 39.0 Å². The van der Waals surface area contributed by atoms with Gasteiger partial charge in [-0.25, -0.2) is 4.79 Å². The van der Waals surface area contributed by atoms with Crippen LogP contribution in [0.5, 0.6) is 0 Å². The van der Waals surface area contributed by atoms with Crippen molar-refractivity contribution < 1.29 is 58.2 Å². The minimum Gasteiger partial charge on any atom is -0.479 e. The summed E-state index contributed by atoms with van der Waals surface area (Å²) >= 11 is 0. The number of carboxylic acids is 1. The Morgan fingerprint density at radius 1 is 0.453 bits per heavy atom. The van der Waals surface area contributed by atoms with Crippen molar-refractivity contribution in [1.29, 1.82) is 0 Å². The molecule has 0 aromatic rings. The van der Waals surface area contributed by atoms with Gasteiger partial charge in [0.1, 0.15) is 18.8 Å². The number of carboxylic acid groups (broad SMARTS) is 1. The van der Waals surface area contributed by atoms with E-state index in [0.717, 1.165) is 128 Å². The van der Waals surface area contributed by atoms with E-state index in [1.54, 1.807) is 0 Å². The largest absolute Gasteiger partial charge is 0.479 e. The average Bonchev–Trinajstić information content (AvgIpc) is 3.39. The zero-order valence-corrected chi connectivity index (χ0v) is 46.5. The Hall–Kier alpha value is -4.62. The first kappa shape index (κ1) is 68.4. The number of hydrogen-bond acceptors (Lipinski definition) is 11. The first-order valence-corrected chi connectivity index (χ1v) is 28.9. The van der Waals surface area contributed by atoms with Crippen LogP contribution < -0.4 is 0 Å². The molecule has 6 unspecified atom stereocenters. The van der Waals surface area contributed by atoms with Crippen LogP contribution in [0.25, 0.3) is 0 Å². The molecule has 0 aliphatic carbocycles. The van der Waals surface area contributed by atoms with Crippen LogP contribution in [-0.2, 0) is 42.9 Å². The molecular formula is C63H100O12. The van der Waals surface area contributed by atoms with Crippen LogP contribution in [0.3, 0.4) is 0 Å². The molecule has 75 heavy (non-hydrogen) atoms. The Bertz CT molecular complexity index is 1720. The van der Waals surface area contributed by atoms with Crippen LogP contribution in [0.2, 0.25) is 0 Å². The number of allylic oxidation sites excluding steroid dienone is 18. The number of hydrogen-bond donors (Lipinski definition) is 3. The Labute approximate surface area is 453 Å². The second-order valence-electron chi connectivity index (χ2n) is 19.2. The van der Waals surface area contributed by atoms with Crippen LogP contribution in [-0.4, -0.2) is 89.2 Å². The molecule has 0 saturated carbocycles. The van der Waals surface area contributed by atoms with Crippen LogP contribution >= 0.6 is 0 Å². The molecule has 0 amide bonds. The van der Waals surface area contributed by atoms with Crippen molar-refractivity contribution >= 4 is 23.9 Å². The van der Waals surface area contributed by atoms with E-state index in [0.29, 0.717) is 25.7 Å². The third-order valence-corrected chi connectivity index (χ3v) is 12.3.